The van der Waals surface area contributed by atoms with Crippen molar-refractivity contribution in [3.8, 4) is 0 Å². The van der Waals surface area contributed by atoms with E-state index in [-0.39, 0.29) is 22.7 Å². The van der Waals surface area contributed by atoms with E-state index in [9.17, 15) is 24.5 Å². The van der Waals surface area contributed by atoms with Gasteiger partial charge in [-0.05, 0) is 18.9 Å². The van der Waals surface area contributed by atoms with Crippen LogP contribution in [-0.4, -0.2) is 47.8 Å². The molecule has 1 heterocycles. The van der Waals surface area contributed by atoms with E-state index >= 15 is 0 Å². The van der Waals surface area contributed by atoms with Crippen LogP contribution in [0.4, 0.5) is 5.69 Å². The Bertz CT molecular complexity index is 694. The summed E-state index contributed by atoms with van der Waals surface area (Å²) in [6.07, 6.45) is 0.889. The number of carbonyl (C=O) groups excluding carboxylic acids is 3. The number of nitrogens with two attached hydrogens (primary N) is 1. The standard InChI is InChI=1S/C15H17N3O6/c1-24-15(21)11-6-10(7-12(8-11)18(22)23)14(20)17-4-2-9(3-5-17)13(16)19/h6-9H,2-5H2,1H3,(H2,16,19). The van der Waals surface area contributed by atoms with Crippen LogP contribution in [0, 0.1) is 16.0 Å². The number of piperidine rings is 1. The fourth-order valence-corrected chi connectivity index (χ4v) is 2.63. The number of hydrogen-bond acceptors (Lipinski definition) is 6. The molecule has 0 aromatic heterocycles. The van der Waals surface area contributed by atoms with Crippen LogP contribution >= 0.6 is 0 Å². The lowest BCUT2D eigenvalue weighted by molar-refractivity contribution is -0.384. The predicted molar refractivity (Wildman–Crippen MR) is 82.3 cm³/mol. The van der Waals surface area contributed by atoms with Crippen molar-refractivity contribution in [3.05, 3.63) is 39.4 Å². The third-order valence-electron chi connectivity index (χ3n) is 3.98. The highest BCUT2D eigenvalue weighted by atomic mass is 16.6. The number of likely N-dealkylation sites (tertiary alicyclic amines) is 1. The third-order valence-corrected chi connectivity index (χ3v) is 3.98. The molecule has 0 saturated carbocycles. The number of nitro benzene ring substituents is 1. The number of esters is 1. The summed E-state index contributed by atoms with van der Waals surface area (Å²) in [6.45, 7) is 0.644. The Hall–Kier alpha value is -2.97. The zero-order valence-corrected chi connectivity index (χ0v) is 13.1. The predicted octanol–water partition coefficient (Wildman–Crippen LogP) is 0.719. The van der Waals surface area contributed by atoms with Crippen molar-refractivity contribution in [1.29, 1.82) is 0 Å². The second-order valence-electron chi connectivity index (χ2n) is 5.49. The number of amides is 2. The van der Waals surface area contributed by atoms with Gasteiger partial charge in [-0.25, -0.2) is 4.79 Å². The number of nitro groups is 1. The Morgan fingerprint density at radius 2 is 1.79 bits per heavy atom. The Labute approximate surface area is 137 Å². The first-order valence-electron chi connectivity index (χ1n) is 7.30. The summed E-state index contributed by atoms with van der Waals surface area (Å²) in [5, 5.41) is 11.0. The molecule has 2 amide bonds. The van der Waals surface area contributed by atoms with Crippen molar-refractivity contribution >= 4 is 23.5 Å². The van der Waals surface area contributed by atoms with E-state index in [1.54, 1.807) is 0 Å². The maximum absolute atomic E-state index is 12.5. The van der Waals surface area contributed by atoms with E-state index in [2.05, 4.69) is 4.74 Å². The molecule has 128 valence electrons. The molecule has 1 aliphatic heterocycles. The molecule has 0 unspecified atom stereocenters. The molecular weight excluding hydrogens is 318 g/mol. The average Bonchev–Trinajstić information content (AvgIpc) is 2.59. The van der Waals surface area contributed by atoms with Crippen molar-refractivity contribution in [2.45, 2.75) is 12.8 Å². The molecule has 1 saturated heterocycles. The second kappa shape index (κ2) is 7.07. The third kappa shape index (κ3) is 3.67. The molecule has 9 nitrogen and oxygen atoms in total. The smallest absolute Gasteiger partial charge is 0.338 e. The molecule has 1 fully saturated rings. The lowest BCUT2D eigenvalue weighted by Gasteiger charge is -2.30. The Morgan fingerprint density at radius 1 is 1.21 bits per heavy atom. The minimum absolute atomic E-state index is 0.0297. The van der Waals surface area contributed by atoms with Crippen LogP contribution in [-0.2, 0) is 9.53 Å². The summed E-state index contributed by atoms with van der Waals surface area (Å²) in [7, 11) is 1.15. The van der Waals surface area contributed by atoms with Crippen molar-refractivity contribution in [2.75, 3.05) is 20.2 Å². The van der Waals surface area contributed by atoms with Gasteiger partial charge in [-0.2, -0.15) is 0 Å². The van der Waals surface area contributed by atoms with Crippen molar-refractivity contribution in [1.82, 2.24) is 4.90 Å². The normalized spacial score (nSPS) is 15.0. The van der Waals surface area contributed by atoms with Gasteiger partial charge >= 0.3 is 5.97 Å². The molecule has 9 heteroatoms. The summed E-state index contributed by atoms with van der Waals surface area (Å²) in [5.41, 5.74) is 4.85. The Kier molecular flexibility index (Phi) is 5.12. The maximum atomic E-state index is 12.5. The highest BCUT2D eigenvalue weighted by molar-refractivity contribution is 5.99. The quantitative estimate of drug-likeness (QED) is 0.489. The van der Waals surface area contributed by atoms with Crippen LogP contribution in [0.2, 0.25) is 0 Å². The Morgan fingerprint density at radius 3 is 2.29 bits per heavy atom. The molecule has 0 spiro atoms. The van der Waals surface area contributed by atoms with Gasteiger partial charge in [0.2, 0.25) is 5.91 Å². The summed E-state index contributed by atoms with van der Waals surface area (Å²) in [5.74, 6) is -1.87. The van der Waals surface area contributed by atoms with E-state index in [1.807, 2.05) is 0 Å². The van der Waals surface area contributed by atoms with Crippen molar-refractivity contribution < 1.29 is 24.0 Å². The zero-order chi connectivity index (χ0) is 17.9. The molecule has 0 atom stereocenters. The highest BCUT2D eigenvalue weighted by Crippen LogP contribution is 2.22. The largest absolute Gasteiger partial charge is 0.465 e. The zero-order valence-electron chi connectivity index (χ0n) is 13.1. The number of primary amides is 1. The minimum Gasteiger partial charge on any atom is -0.465 e. The lowest BCUT2D eigenvalue weighted by atomic mass is 9.95. The lowest BCUT2D eigenvalue weighted by Crippen LogP contribution is -2.41. The summed E-state index contributed by atoms with van der Waals surface area (Å²) >= 11 is 0. The van der Waals surface area contributed by atoms with Gasteiger partial charge in [0.15, 0.2) is 0 Å². The average molecular weight is 335 g/mol. The number of hydrogen-bond donors (Lipinski definition) is 1. The van der Waals surface area contributed by atoms with Crippen molar-refractivity contribution in [3.63, 3.8) is 0 Å². The van der Waals surface area contributed by atoms with Crippen LogP contribution in [0.15, 0.2) is 18.2 Å². The first-order valence-corrected chi connectivity index (χ1v) is 7.30. The van der Waals surface area contributed by atoms with Gasteiger partial charge in [0.1, 0.15) is 0 Å². The van der Waals surface area contributed by atoms with Crippen LogP contribution in [0.25, 0.3) is 0 Å². The van der Waals surface area contributed by atoms with Gasteiger partial charge in [-0.1, -0.05) is 0 Å². The van der Waals surface area contributed by atoms with Gasteiger partial charge in [0, 0.05) is 36.7 Å². The molecule has 2 rings (SSSR count). The fraction of sp³-hybridized carbons (Fsp3) is 0.400. The van der Waals surface area contributed by atoms with Crippen LogP contribution in [0.1, 0.15) is 33.6 Å². The number of ether oxygens (including phenoxy) is 1. The minimum atomic E-state index is -0.764. The Balaban J connectivity index is 2.25. The van der Waals surface area contributed by atoms with Gasteiger partial charge in [0.25, 0.3) is 11.6 Å². The van der Waals surface area contributed by atoms with Gasteiger partial charge < -0.3 is 15.4 Å². The number of methoxy groups -OCH3 is 1. The number of non-ortho nitro benzene ring substituents is 1. The molecule has 1 aromatic carbocycles. The topological polar surface area (TPSA) is 133 Å². The highest BCUT2D eigenvalue weighted by Gasteiger charge is 2.28. The van der Waals surface area contributed by atoms with Crippen molar-refractivity contribution in [2.24, 2.45) is 11.7 Å². The first kappa shape index (κ1) is 17.4. The van der Waals surface area contributed by atoms with E-state index in [4.69, 9.17) is 5.73 Å². The molecule has 0 radical (unpaired) electrons. The SMILES string of the molecule is COC(=O)c1cc(C(=O)N2CCC(C(N)=O)CC2)cc([N+](=O)[O-])c1. The van der Waals surface area contributed by atoms with Crippen LogP contribution in [0.3, 0.4) is 0 Å². The van der Waals surface area contributed by atoms with Gasteiger partial charge in [0.05, 0.1) is 17.6 Å². The second-order valence-corrected chi connectivity index (χ2v) is 5.49. The summed E-state index contributed by atoms with van der Waals surface area (Å²) in [4.78, 5) is 47.2. The summed E-state index contributed by atoms with van der Waals surface area (Å²) < 4.78 is 4.55. The number of benzene rings is 1. The molecule has 0 aliphatic carbocycles. The molecule has 2 N–H and O–H groups in total. The summed E-state index contributed by atoms with van der Waals surface area (Å²) in [6, 6.07) is 3.44. The van der Waals surface area contributed by atoms with E-state index in [0.717, 1.165) is 19.2 Å². The molecule has 24 heavy (non-hydrogen) atoms. The first-order chi connectivity index (χ1) is 11.3. The van der Waals surface area contributed by atoms with Gasteiger partial charge in [-0.15, -0.1) is 0 Å². The van der Waals surface area contributed by atoms with Crippen LogP contribution in [0.5, 0.6) is 0 Å². The molecular formula is C15H17N3O6. The number of nitrogens with zero attached hydrogens (tertiary/aromatic N) is 2. The van der Waals surface area contributed by atoms with E-state index in [1.165, 1.54) is 11.0 Å². The van der Waals surface area contributed by atoms with E-state index in [0.29, 0.717) is 25.9 Å². The fourth-order valence-electron chi connectivity index (χ4n) is 2.63. The monoisotopic (exact) mass is 335 g/mol. The van der Waals surface area contributed by atoms with E-state index < -0.39 is 22.7 Å². The molecule has 1 aliphatic rings. The molecule has 0 bridgehead atoms. The molecule has 1 aromatic rings. The van der Waals surface area contributed by atoms with Crippen LogP contribution < -0.4 is 5.73 Å². The number of rotatable bonds is 4. The number of carbonyl (C=O) groups is 3. The maximum Gasteiger partial charge on any atom is 0.338 e. The van der Waals surface area contributed by atoms with Gasteiger partial charge in [-0.3, -0.25) is 19.7 Å².